The molecule has 220 valence electrons. The second kappa shape index (κ2) is 11.2. The summed E-state index contributed by atoms with van der Waals surface area (Å²) < 4.78 is 28.6. The second-order valence-corrected chi connectivity index (χ2v) is 14.2. The number of pyridine rings is 1. The molecule has 0 atom stereocenters. The molecular formula is C34H39N3O4S. The fraction of sp³-hybridized carbons (Fsp3) is 0.353. The molecular weight excluding hydrogens is 546 g/mol. The minimum atomic E-state index is -3.75. The lowest BCUT2D eigenvalue weighted by molar-refractivity contribution is 0.0984. The van der Waals surface area contributed by atoms with Crippen LogP contribution in [-0.2, 0) is 23.0 Å². The van der Waals surface area contributed by atoms with E-state index in [1.165, 1.54) is 3.97 Å². The predicted molar refractivity (Wildman–Crippen MR) is 170 cm³/mol. The standard InChI is InChI=1S/C34H39N3O4S/c1-7-13-34(14-15-34)42(40,41)37-20-23(3)32-29(31(38)12-11-28-22(2)16-24(4)35-33(28)39)18-27(19-30(32)37)26-10-8-9-25(17-26)21-36(5)6/h7-10,16-20H,1,11-15,21H2,2-6H3,(H,35,39). The molecule has 8 heteroatoms. The van der Waals surface area contributed by atoms with Gasteiger partial charge in [-0.2, -0.15) is 0 Å². The summed E-state index contributed by atoms with van der Waals surface area (Å²) in [5.74, 6) is -0.129. The minimum absolute atomic E-state index is 0.129. The molecule has 0 radical (unpaired) electrons. The molecule has 1 fully saturated rings. The summed E-state index contributed by atoms with van der Waals surface area (Å²) in [7, 11) is 0.266. The van der Waals surface area contributed by atoms with Gasteiger partial charge in [0.15, 0.2) is 5.78 Å². The third-order valence-corrected chi connectivity index (χ3v) is 10.8. The molecule has 0 saturated heterocycles. The van der Waals surface area contributed by atoms with Crippen LogP contribution in [0.3, 0.4) is 0 Å². The van der Waals surface area contributed by atoms with Crippen LogP contribution in [0.4, 0.5) is 0 Å². The molecule has 4 aromatic rings. The lowest BCUT2D eigenvalue weighted by atomic mass is 9.93. The highest BCUT2D eigenvalue weighted by molar-refractivity contribution is 7.91. The molecule has 2 aromatic heterocycles. The monoisotopic (exact) mass is 585 g/mol. The Hall–Kier alpha value is -3.75. The lowest BCUT2D eigenvalue weighted by Crippen LogP contribution is -2.28. The topological polar surface area (TPSA) is 92.2 Å². The Balaban J connectivity index is 1.66. The highest BCUT2D eigenvalue weighted by atomic mass is 32.2. The number of carbonyl (C=O) groups is 1. The van der Waals surface area contributed by atoms with Gasteiger partial charge in [0, 0.05) is 41.4 Å². The first-order valence-corrected chi connectivity index (χ1v) is 15.8. The number of benzene rings is 2. The number of aromatic amines is 1. The van der Waals surface area contributed by atoms with Crippen LogP contribution in [0.1, 0.15) is 64.0 Å². The number of allylic oxidation sites excluding steroid dienone is 1. The van der Waals surface area contributed by atoms with Crippen molar-refractivity contribution >= 4 is 26.7 Å². The first-order chi connectivity index (χ1) is 19.9. The van der Waals surface area contributed by atoms with E-state index in [-0.39, 0.29) is 17.8 Å². The minimum Gasteiger partial charge on any atom is -0.326 e. The molecule has 0 bridgehead atoms. The highest BCUT2D eigenvalue weighted by Gasteiger charge is 2.54. The summed E-state index contributed by atoms with van der Waals surface area (Å²) in [6.07, 6.45) is 5.31. The second-order valence-electron chi connectivity index (χ2n) is 12.0. The van der Waals surface area contributed by atoms with Crippen molar-refractivity contribution in [2.24, 2.45) is 0 Å². The third kappa shape index (κ3) is 5.41. The van der Waals surface area contributed by atoms with E-state index >= 15 is 0 Å². The van der Waals surface area contributed by atoms with Crippen molar-refractivity contribution < 1.29 is 13.2 Å². The molecule has 7 nitrogen and oxygen atoms in total. The number of carbonyl (C=O) groups excluding carboxylic acids is 1. The molecule has 0 aliphatic heterocycles. The van der Waals surface area contributed by atoms with Gasteiger partial charge in [0.25, 0.3) is 5.56 Å². The molecule has 42 heavy (non-hydrogen) atoms. The van der Waals surface area contributed by atoms with Crippen LogP contribution in [0.5, 0.6) is 0 Å². The number of aromatic nitrogens is 2. The number of nitrogens with zero attached hydrogens (tertiary/aromatic N) is 2. The van der Waals surface area contributed by atoms with E-state index in [2.05, 4.69) is 28.6 Å². The van der Waals surface area contributed by atoms with Gasteiger partial charge in [0.05, 0.1) is 10.3 Å². The summed E-state index contributed by atoms with van der Waals surface area (Å²) in [6.45, 7) is 10.1. The van der Waals surface area contributed by atoms with Gasteiger partial charge in [-0.05, 0) is 113 Å². The fourth-order valence-corrected chi connectivity index (χ4v) is 8.13. The number of hydrogen-bond donors (Lipinski definition) is 1. The number of H-pyrrole nitrogens is 1. The largest absolute Gasteiger partial charge is 0.326 e. The molecule has 5 rings (SSSR count). The molecule has 1 aliphatic carbocycles. The molecule has 1 aliphatic rings. The lowest BCUT2D eigenvalue weighted by Gasteiger charge is -2.17. The zero-order valence-corrected chi connectivity index (χ0v) is 25.9. The van der Waals surface area contributed by atoms with Gasteiger partial charge in [0.2, 0.25) is 10.0 Å². The van der Waals surface area contributed by atoms with Crippen molar-refractivity contribution in [3.05, 3.63) is 105 Å². The van der Waals surface area contributed by atoms with Crippen LogP contribution in [0, 0.1) is 20.8 Å². The number of fused-ring (bicyclic) bond motifs is 1. The first-order valence-electron chi connectivity index (χ1n) is 14.4. The summed E-state index contributed by atoms with van der Waals surface area (Å²) in [5.41, 5.74) is 6.55. The first kappa shape index (κ1) is 29.7. The Morgan fingerprint density at radius 3 is 2.45 bits per heavy atom. The maximum atomic E-state index is 14.0. The van der Waals surface area contributed by atoms with Crippen LogP contribution in [0.25, 0.3) is 22.0 Å². The van der Waals surface area contributed by atoms with Gasteiger partial charge in [-0.3, -0.25) is 9.59 Å². The zero-order valence-electron chi connectivity index (χ0n) is 25.1. The molecule has 0 spiro atoms. The Bertz CT molecular complexity index is 1870. The molecule has 0 amide bonds. The van der Waals surface area contributed by atoms with Crippen LogP contribution >= 0.6 is 0 Å². The van der Waals surface area contributed by atoms with Gasteiger partial charge in [-0.15, -0.1) is 6.58 Å². The Kier molecular flexibility index (Phi) is 7.89. The van der Waals surface area contributed by atoms with E-state index in [0.717, 1.165) is 40.1 Å². The molecule has 2 heterocycles. The zero-order chi connectivity index (χ0) is 30.4. The Labute approximate surface area is 247 Å². The van der Waals surface area contributed by atoms with Crippen molar-refractivity contribution in [2.75, 3.05) is 14.1 Å². The van der Waals surface area contributed by atoms with E-state index in [1.54, 1.807) is 12.3 Å². The molecule has 0 unspecified atom stereocenters. The normalized spacial score (nSPS) is 14.4. The van der Waals surface area contributed by atoms with Gasteiger partial charge in [-0.1, -0.05) is 24.3 Å². The fourth-order valence-electron chi connectivity index (χ4n) is 6.07. The smallest absolute Gasteiger partial charge is 0.251 e. The quantitative estimate of drug-likeness (QED) is 0.170. The maximum absolute atomic E-state index is 14.0. The van der Waals surface area contributed by atoms with Gasteiger partial charge in [-0.25, -0.2) is 12.4 Å². The number of rotatable bonds is 11. The van der Waals surface area contributed by atoms with E-state index in [9.17, 15) is 18.0 Å². The number of aryl methyl sites for hydroxylation is 3. The van der Waals surface area contributed by atoms with Crippen molar-refractivity contribution in [1.82, 2.24) is 13.9 Å². The number of hydrogen-bond acceptors (Lipinski definition) is 5. The van der Waals surface area contributed by atoms with E-state index in [0.29, 0.717) is 47.7 Å². The Morgan fingerprint density at radius 2 is 1.81 bits per heavy atom. The predicted octanol–water partition coefficient (Wildman–Crippen LogP) is 6.09. The number of nitrogens with one attached hydrogen (secondary N) is 1. The van der Waals surface area contributed by atoms with Crippen LogP contribution in [-0.4, -0.2) is 46.9 Å². The van der Waals surface area contributed by atoms with Crippen LogP contribution in [0.2, 0.25) is 0 Å². The Morgan fingerprint density at radius 1 is 1.07 bits per heavy atom. The van der Waals surface area contributed by atoms with Gasteiger partial charge >= 0.3 is 0 Å². The van der Waals surface area contributed by atoms with E-state index in [1.807, 2.05) is 65.2 Å². The van der Waals surface area contributed by atoms with Gasteiger partial charge in [0.1, 0.15) is 0 Å². The summed E-state index contributed by atoms with van der Waals surface area (Å²) in [4.78, 5) is 31.5. The average molecular weight is 586 g/mol. The SMILES string of the molecule is C=CCC1(S(=O)(=O)n2cc(C)c3c(C(=O)CCc4c(C)cc(C)[nH]c4=O)cc(-c4cccc(CN(C)C)c4)cc32)CC1. The molecule has 2 aromatic carbocycles. The van der Waals surface area contributed by atoms with Gasteiger partial charge < -0.3 is 9.88 Å². The summed E-state index contributed by atoms with van der Waals surface area (Å²) in [6, 6.07) is 13.8. The van der Waals surface area contributed by atoms with Crippen LogP contribution in [0.15, 0.2) is 66.1 Å². The maximum Gasteiger partial charge on any atom is 0.251 e. The van der Waals surface area contributed by atoms with Crippen molar-refractivity contribution in [3.63, 3.8) is 0 Å². The molecule has 1 saturated carbocycles. The highest BCUT2D eigenvalue weighted by Crippen LogP contribution is 2.49. The number of ketones is 1. The summed E-state index contributed by atoms with van der Waals surface area (Å²) in [5, 5.41) is 0.640. The van der Waals surface area contributed by atoms with Crippen molar-refractivity contribution in [3.8, 4) is 11.1 Å². The van der Waals surface area contributed by atoms with E-state index < -0.39 is 14.8 Å². The van der Waals surface area contributed by atoms with Crippen LogP contribution < -0.4 is 5.56 Å². The third-order valence-electron chi connectivity index (χ3n) is 8.35. The average Bonchev–Trinajstić information content (AvgIpc) is 3.64. The van der Waals surface area contributed by atoms with Crippen molar-refractivity contribution in [1.29, 1.82) is 0 Å². The molecule has 1 N–H and O–H groups in total. The summed E-state index contributed by atoms with van der Waals surface area (Å²) >= 11 is 0. The number of Topliss-reactive ketones (excluding diaryl/α,β-unsaturated/α-hetero) is 1. The van der Waals surface area contributed by atoms with Crippen molar-refractivity contribution in [2.45, 2.75) is 64.2 Å². The van der Waals surface area contributed by atoms with E-state index in [4.69, 9.17) is 0 Å².